The van der Waals surface area contributed by atoms with Gasteiger partial charge in [-0.15, -0.1) is 0 Å². The summed E-state index contributed by atoms with van der Waals surface area (Å²) in [6.45, 7) is 0. The first-order valence-corrected chi connectivity index (χ1v) is 12.8. The van der Waals surface area contributed by atoms with E-state index in [1.54, 1.807) is 54.6 Å². The van der Waals surface area contributed by atoms with Crippen molar-refractivity contribution < 1.29 is 19.4 Å². The molecule has 0 fully saturated rings. The van der Waals surface area contributed by atoms with E-state index in [1.165, 1.54) is 12.1 Å². The molecule has 1 aromatic heterocycles. The fourth-order valence-electron chi connectivity index (χ4n) is 4.39. The van der Waals surface area contributed by atoms with Gasteiger partial charge in [0.05, 0.1) is 16.6 Å². The Balaban J connectivity index is 1.55. The number of anilines is 2. The minimum atomic E-state index is -1.05. The molecule has 0 aliphatic rings. The second-order valence-corrected chi connectivity index (χ2v) is 9.26. The minimum Gasteiger partial charge on any atom is -0.478 e. The lowest BCUT2D eigenvalue weighted by Gasteiger charge is -2.17. The van der Waals surface area contributed by atoms with Crippen molar-refractivity contribution in [2.75, 3.05) is 11.5 Å². The second kappa shape index (κ2) is 10.7. The summed E-state index contributed by atoms with van der Waals surface area (Å²) in [5, 5.41) is 9.58. The fraction of sp³-hybridized carbons (Fsp3) is 0. The third-order valence-corrected chi connectivity index (χ3v) is 6.41. The largest absolute Gasteiger partial charge is 0.478 e. The Hall–Kier alpha value is -5.89. The molecule has 0 radical (unpaired) electrons. The van der Waals surface area contributed by atoms with Crippen LogP contribution in [0.5, 0.6) is 23.0 Å². The molecule has 200 valence electrons. The first kappa shape index (κ1) is 25.4. The van der Waals surface area contributed by atoms with Gasteiger partial charge in [0.25, 0.3) is 0 Å². The highest BCUT2D eigenvalue weighted by atomic mass is 16.5. The van der Waals surface area contributed by atoms with E-state index >= 15 is 0 Å². The van der Waals surface area contributed by atoms with Gasteiger partial charge in [-0.2, -0.15) is 0 Å². The first-order chi connectivity index (χ1) is 19.9. The average Bonchev–Trinajstić information content (AvgIpc) is 2.99. The smallest absolute Gasteiger partial charge is 0.335 e. The van der Waals surface area contributed by atoms with Crippen molar-refractivity contribution in [2.45, 2.75) is 0 Å². The van der Waals surface area contributed by atoms with Crippen molar-refractivity contribution in [2.24, 2.45) is 0 Å². The molecule has 0 amide bonds. The SMILES string of the molecule is Nc1ccc(Oc2ccccc2-c2nc3ccc(C(=O)O)cc3nc2-c2ccccc2Oc2ccc(N)cc2)cc1. The summed E-state index contributed by atoms with van der Waals surface area (Å²) in [6.07, 6.45) is 0. The van der Waals surface area contributed by atoms with E-state index in [4.69, 9.17) is 30.9 Å². The Morgan fingerprint density at radius 3 is 1.54 bits per heavy atom. The Morgan fingerprint density at radius 2 is 1.05 bits per heavy atom. The highest BCUT2D eigenvalue weighted by molar-refractivity contribution is 5.95. The normalized spacial score (nSPS) is 10.8. The van der Waals surface area contributed by atoms with Gasteiger partial charge in [-0.05, 0) is 91.0 Å². The second-order valence-electron chi connectivity index (χ2n) is 9.26. The lowest BCUT2D eigenvalue weighted by molar-refractivity contribution is 0.0697. The maximum atomic E-state index is 11.7. The van der Waals surface area contributed by atoms with E-state index in [9.17, 15) is 9.90 Å². The van der Waals surface area contributed by atoms with Gasteiger partial charge in [0.2, 0.25) is 0 Å². The van der Waals surface area contributed by atoms with Crippen LogP contribution in [0.25, 0.3) is 33.5 Å². The van der Waals surface area contributed by atoms with E-state index in [1.807, 2.05) is 48.5 Å². The molecule has 8 heteroatoms. The molecule has 0 aliphatic carbocycles. The first-order valence-electron chi connectivity index (χ1n) is 12.8. The summed E-state index contributed by atoms with van der Waals surface area (Å²) >= 11 is 0. The summed E-state index contributed by atoms with van der Waals surface area (Å²) in [5.74, 6) is 1.26. The number of aromatic nitrogens is 2. The zero-order valence-corrected chi connectivity index (χ0v) is 21.7. The molecule has 41 heavy (non-hydrogen) atoms. The van der Waals surface area contributed by atoms with Gasteiger partial charge < -0.3 is 26.0 Å². The average molecular weight is 541 g/mol. The van der Waals surface area contributed by atoms with Crippen molar-refractivity contribution in [1.29, 1.82) is 0 Å². The number of carbonyl (C=O) groups is 1. The molecule has 5 aromatic carbocycles. The highest BCUT2D eigenvalue weighted by Crippen LogP contribution is 2.41. The van der Waals surface area contributed by atoms with Crippen molar-refractivity contribution in [1.82, 2.24) is 9.97 Å². The molecule has 0 saturated heterocycles. The van der Waals surface area contributed by atoms with Crippen LogP contribution in [0.3, 0.4) is 0 Å². The summed E-state index contributed by atoms with van der Waals surface area (Å²) in [6, 6.07) is 33.9. The predicted octanol–water partition coefficient (Wildman–Crippen LogP) is 7.41. The van der Waals surface area contributed by atoms with Crippen LogP contribution in [0.15, 0.2) is 115 Å². The Morgan fingerprint density at radius 1 is 0.585 bits per heavy atom. The zero-order chi connectivity index (χ0) is 28.3. The van der Waals surface area contributed by atoms with Crippen LogP contribution in [0.1, 0.15) is 10.4 Å². The molecule has 6 rings (SSSR count). The van der Waals surface area contributed by atoms with E-state index < -0.39 is 5.97 Å². The highest BCUT2D eigenvalue weighted by Gasteiger charge is 2.21. The minimum absolute atomic E-state index is 0.115. The number of hydrogen-bond donors (Lipinski definition) is 3. The van der Waals surface area contributed by atoms with Crippen LogP contribution < -0.4 is 20.9 Å². The molecule has 0 aliphatic heterocycles. The number of aromatic carboxylic acids is 1. The van der Waals surface area contributed by atoms with Crippen LogP contribution in [0.4, 0.5) is 11.4 Å². The number of rotatable bonds is 7. The molecule has 0 atom stereocenters. The van der Waals surface area contributed by atoms with Crippen molar-refractivity contribution in [3.05, 3.63) is 121 Å². The van der Waals surface area contributed by atoms with Crippen molar-refractivity contribution >= 4 is 28.4 Å². The molecule has 0 unspecified atom stereocenters. The van der Waals surface area contributed by atoms with E-state index in [0.29, 0.717) is 67.9 Å². The Kier molecular flexibility index (Phi) is 6.63. The Labute approximate surface area is 235 Å². The predicted molar refractivity (Wildman–Crippen MR) is 159 cm³/mol. The number of carboxylic acids is 1. The summed E-state index contributed by atoms with van der Waals surface area (Å²) in [4.78, 5) is 21.6. The van der Waals surface area contributed by atoms with Crippen LogP contribution >= 0.6 is 0 Å². The maximum absolute atomic E-state index is 11.7. The van der Waals surface area contributed by atoms with Crippen LogP contribution in [-0.2, 0) is 0 Å². The molecule has 0 bridgehead atoms. The molecule has 5 N–H and O–H groups in total. The summed E-state index contributed by atoms with van der Waals surface area (Å²) < 4.78 is 12.5. The monoisotopic (exact) mass is 540 g/mol. The molecule has 0 spiro atoms. The van der Waals surface area contributed by atoms with Gasteiger partial charge in [0.1, 0.15) is 34.4 Å². The number of ether oxygens (including phenoxy) is 2. The van der Waals surface area contributed by atoms with Gasteiger partial charge in [-0.1, -0.05) is 24.3 Å². The van der Waals surface area contributed by atoms with Crippen LogP contribution in [0, 0.1) is 0 Å². The van der Waals surface area contributed by atoms with Crippen LogP contribution in [-0.4, -0.2) is 21.0 Å². The topological polar surface area (TPSA) is 134 Å². The molecule has 6 aromatic rings. The van der Waals surface area contributed by atoms with E-state index in [-0.39, 0.29) is 5.56 Å². The van der Waals surface area contributed by atoms with E-state index in [2.05, 4.69) is 0 Å². The number of carboxylic acid groups (broad SMARTS) is 1. The maximum Gasteiger partial charge on any atom is 0.335 e. The number of nitrogens with zero attached hydrogens (tertiary/aromatic N) is 2. The third-order valence-electron chi connectivity index (χ3n) is 6.41. The van der Waals surface area contributed by atoms with Gasteiger partial charge in [-0.25, -0.2) is 14.8 Å². The summed E-state index contributed by atoms with van der Waals surface area (Å²) in [7, 11) is 0. The molecular formula is C33H24N4O4. The quantitative estimate of drug-likeness (QED) is 0.178. The van der Waals surface area contributed by atoms with Gasteiger partial charge in [0, 0.05) is 22.5 Å². The molecule has 0 saturated carbocycles. The number of nitrogen functional groups attached to an aromatic ring is 2. The third kappa shape index (κ3) is 5.35. The van der Waals surface area contributed by atoms with Gasteiger partial charge in [-0.3, -0.25) is 0 Å². The molecule has 8 nitrogen and oxygen atoms in total. The molecule has 1 heterocycles. The zero-order valence-electron chi connectivity index (χ0n) is 21.7. The van der Waals surface area contributed by atoms with Gasteiger partial charge >= 0.3 is 5.97 Å². The number of hydrogen-bond acceptors (Lipinski definition) is 7. The lowest BCUT2D eigenvalue weighted by Crippen LogP contribution is -2.01. The van der Waals surface area contributed by atoms with E-state index in [0.717, 1.165) is 0 Å². The fourth-order valence-corrected chi connectivity index (χ4v) is 4.39. The number of fused-ring (bicyclic) bond motifs is 1. The van der Waals surface area contributed by atoms with Crippen molar-refractivity contribution in [3.8, 4) is 45.5 Å². The van der Waals surface area contributed by atoms with Crippen LogP contribution in [0.2, 0.25) is 0 Å². The standard InChI is InChI=1S/C33H24N4O4/c34-21-10-14-23(15-11-21)40-29-7-3-1-5-25(29)31-32(37-28-19-20(33(38)39)9-18-27(28)36-31)26-6-2-4-8-30(26)41-24-16-12-22(35)13-17-24/h1-19H,34-35H2,(H,38,39). The lowest BCUT2D eigenvalue weighted by atomic mass is 10.0. The number of benzene rings is 5. The number of para-hydroxylation sites is 2. The van der Waals surface area contributed by atoms with Gasteiger partial charge in [0.15, 0.2) is 0 Å². The summed E-state index contributed by atoms with van der Waals surface area (Å²) in [5.41, 5.74) is 16.4. The number of nitrogens with two attached hydrogens (primary N) is 2. The Bertz CT molecular complexity index is 1890. The van der Waals surface area contributed by atoms with Crippen molar-refractivity contribution in [3.63, 3.8) is 0 Å². The molecular weight excluding hydrogens is 516 g/mol.